The zero-order valence-corrected chi connectivity index (χ0v) is 13.0. The van der Waals surface area contributed by atoms with E-state index in [1.807, 2.05) is 23.1 Å². The summed E-state index contributed by atoms with van der Waals surface area (Å²) >= 11 is 0. The molecule has 2 N–H and O–H groups in total. The predicted octanol–water partition coefficient (Wildman–Crippen LogP) is 2.22. The Bertz CT molecular complexity index is 541. The normalized spacial score (nSPS) is 21.7. The maximum atomic E-state index is 13.2. The molecule has 0 atom stereocenters. The summed E-state index contributed by atoms with van der Waals surface area (Å²) in [5.41, 5.74) is 6.19. The Hall–Kier alpha value is -1.84. The molecule has 0 unspecified atom stereocenters. The van der Waals surface area contributed by atoms with E-state index in [0.717, 1.165) is 31.2 Å². The average molecular weight is 300 g/mol. The van der Waals surface area contributed by atoms with Gasteiger partial charge in [-0.1, -0.05) is 43.2 Å². The third-order valence-electron chi connectivity index (χ3n) is 5.38. The maximum Gasteiger partial charge on any atom is 0.233 e. The van der Waals surface area contributed by atoms with E-state index in [4.69, 9.17) is 5.73 Å². The Morgan fingerprint density at radius 2 is 1.64 bits per heavy atom. The molecule has 1 aromatic rings. The van der Waals surface area contributed by atoms with E-state index in [1.54, 1.807) is 0 Å². The summed E-state index contributed by atoms with van der Waals surface area (Å²) in [5, 5.41) is 0. The minimum absolute atomic E-state index is 0.0692. The molecule has 2 aliphatic rings. The molecule has 118 valence electrons. The van der Waals surface area contributed by atoms with Crippen LogP contribution in [0.3, 0.4) is 0 Å². The summed E-state index contributed by atoms with van der Waals surface area (Å²) in [7, 11) is 0. The number of nitrogens with zero attached hydrogens (tertiary/aromatic N) is 1. The Morgan fingerprint density at radius 3 is 2.18 bits per heavy atom. The highest BCUT2D eigenvalue weighted by Gasteiger charge is 2.45. The number of carbonyl (C=O) groups excluding carboxylic acids is 2. The van der Waals surface area contributed by atoms with Crippen LogP contribution in [0, 0.1) is 5.92 Å². The Morgan fingerprint density at radius 1 is 1.05 bits per heavy atom. The summed E-state index contributed by atoms with van der Waals surface area (Å²) in [5.74, 6) is -0.0508. The van der Waals surface area contributed by atoms with Crippen molar-refractivity contribution in [1.82, 2.24) is 4.90 Å². The minimum atomic E-state index is -0.346. The molecule has 1 saturated carbocycles. The van der Waals surface area contributed by atoms with Crippen molar-refractivity contribution in [2.24, 2.45) is 11.7 Å². The molecule has 22 heavy (non-hydrogen) atoms. The number of benzene rings is 1. The molecule has 0 aromatic heterocycles. The first-order chi connectivity index (χ1) is 10.6. The molecule has 2 amide bonds. The number of rotatable bonds is 3. The number of amides is 2. The molecule has 1 aromatic carbocycles. The lowest BCUT2D eigenvalue weighted by Crippen LogP contribution is -2.49. The molecule has 2 fully saturated rings. The van der Waals surface area contributed by atoms with E-state index in [9.17, 15) is 9.59 Å². The molecule has 0 bridgehead atoms. The first-order valence-electron chi connectivity index (χ1n) is 8.28. The second kappa shape index (κ2) is 6.11. The zero-order chi connectivity index (χ0) is 15.6. The third-order valence-corrected chi connectivity index (χ3v) is 5.38. The van der Waals surface area contributed by atoms with Crippen LogP contribution >= 0.6 is 0 Å². The Labute approximate surface area is 131 Å². The summed E-state index contributed by atoms with van der Waals surface area (Å²) in [6.07, 6.45) is 5.49. The summed E-state index contributed by atoms with van der Waals surface area (Å²) in [4.78, 5) is 26.5. The van der Waals surface area contributed by atoms with Crippen molar-refractivity contribution in [1.29, 1.82) is 0 Å². The fourth-order valence-corrected chi connectivity index (χ4v) is 4.03. The van der Waals surface area contributed by atoms with E-state index in [2.05, 4.69) is 12.1 Å². The topological polar surface area (TPSA) is 63.4 Å². The first-order valence-corrected chi connectivity index (χ1v) is 8.28. The van der Waals surface area contributed by atoms with Gasteiger partial charge < -0.3 is 10.6 Å². The highest BCUT2D eigenvalue weighted by Crippen LogP contribution is 2.43. The SMILES string of the molecule is NC(=O)C1CCN(C(=O)C2(c3ccccc3)CCCC2)CC1. The van der Waals surface area contributed by atoms with Crippen molar-refractivity contribution in [3.05, 3.63) is 35.9 Å². The minimum Gasteiger partial charge on any atom is -0.369 e. The van der Waals surface area contributed by atoms with Crippen LogP contribution in [0.5, 0.6) is 0 Å². The second-order valence-corrected chi connectivity index (χ2v) is 6.62. The van der Waals surface area contributed by atoms with Crippen LogP contribution in [0.4, 0.5) is 0 Å². The van der Waals surface area contributed by atoms with Crippen LogP contribution in [0.2, 0.25) is 0 Å². The second-order valence-electron chi connectivity index (χ2n) is 6.62. The van der Waals surface area contributed by atoms with Crippen molar-refractivity contribution in [2.45, 2.75) is 43.9 Å². The van der Waals surface area contributed by atoms with Crippen molar-refractivity contribution < 1.29 is 9.59 Å². The van der Waals surface area contributed by atoms with Gasteiger partial charge in [0, 0.05) is 19.0 Å². The van der Waals surface area contributed by atoms with Gasteiger partial charge in [-0.3, -0.25) is 9.59 Å². The van der Waals surface area contributed by atoms with E-state index in [0.29, 0.717) is 25.9 Å². The highest BCUT2D eigenvalue weighted by atomic mass is 16.2. The average Bonchev–Trinajstić information content (AvgIpc) is 3.06. The fraction of sp³-hybridized carbons (Fsp3) is 0.556. The molecule has 0 radical (unpaired) electrons. The number of carbonyl (C=O) groups is 2. The van der Waals surface area contributed by atoms with Gasteiger partial charge in [0.2, 0.25) is 11.8 Å². The van der Waals surface area contributed by atoms with Gasteiger partial charge in [-0.15, -0.1) is 0 Å². The molecule has 1 saturated heterocycles. The van der Waals surface area contributed by atoms with Crippen LogP contribution in [-0.4, -0.2) is 29.8 Å². The van der Waals surface area contributed by atoms with Crippen LogP contribution in [0.25, 0.3) is 0 Å². The van der Waals surface area contributed by atoms with Gasteiger partial charge in [-0.05, 0) is 31.2 Å². The first kappa shape index (κ1) is 15.1. The molecular formula is C18H24N2O2. The van der Waals surface area contributed by atoms with Gasteiger partial charge in [0.25, 0.3) is 0 Å². The molecule has 4 heteroatoms. The Balaban J connectivity index is 1.79. The lowest BCUT2D eigenvalue weighted by atomic mass is 9.77. The van der Waals surface area contributed by atoms with Crippen LogP contribution in [0.15, 0.2) is 30.3 Å². The molecule has 0 spiro atoms. The zero-order valence-electron chi connectivity index (χ0n) is 13.0. The lowest BCUT2D eigenvalue weighted by molar-refractivity contribution is -0.140. The number of likely N-dealkylation sites (tertiary alicyclic amines) is 1. The van der Waals surface area contributed by atoms with Crippen molar-refractivity contribution in [3.63, 3.8) is 0 Å². The van der Waals surface area contributed by atoms with Crippen LogP contribution in [0.1, 0.15) is 44.1 Å². The summed E-state index contributed by atoms with van der Waals surface area (Å²) in [6.45, 7) is 1.31. The van der Waals surface area contributed by atoms with Gasteiger partial charge in [0.1, 0.15) is 0 Å². The summed E-state index contributed by atoms with van der Waals surface area (Å²) < 4.78 is 0. The number of primary amides is 1. The molecular weight excluding hydrogens is 276 g/mol. The van der Waals surface area contributed by atoms with E-state index < -0.39 is 0 Å². The van der Waals surface area contributed by atoms with Crippen LogP contribution < -0.4 is 5.73 Å². The van der Waals surface area contributed by atoms with Crippen LogP contribution in [-0.2, 0) is 15.0 Å². The standard InChI is InChI=1S/C18H24N2O2/c19-16(21)14-8-12-20(13-9-14)17(22)18(10-4-5-11-18)15-6-2-1-3-7-15/h1-3,6-7,14H,4-5,8-13H2,(H2,19,21). The largest absolute Gasteiger partial charge is 0.369 e. The quantitative estimate of drug-likeness (QED) is 0.930. The predicted molar refractivity (Wildman–Crippen MR) is 85.1 cm³/mol. The molecule has 1 aliphatic heterocycles. The smallest absolute Gasteiger partial charge is 0.233 e. The number of hydrogen-bond donors (Lipinski definition) is 1. The van der Waals surface area contributed by atoms with Crippen molar-refractivity contribution in [2.75, 3.05) is 13.1 Å². The molecule has 1 heterocycles. The van der Waals surface area contributed by atoms with Crippen molar-refractivity contribution >= 4 is 11.8 Å². The lowest BCUT2D eigenvalue weighted by Gasteiger charge is -2.38. The maximum absolute atomic E-state index is 13.2. The van der Waals surface area contributed by atoms with E-state index >= 15 is 0 Å². The van der Waals surface area contributed by atoms with E-state index in [1.165, 1.54) is 0 Å². The van der Waals surface area contributed by atoms with Crippen molar-refractivity contribution in [3.8, 4) is 0 Å². The number of hydrogen-bond acceptors (Lipinski definition) is 2. The number of nitrogens with two attached hydrogens (primary N) is 1. The Kier molecular flexibility index (Phi) is 4.19. The molecule has 1 aliphatic carbocycles. The summed E-state index contributed by atoms with van der Waals surface area (Å²) in [6, 6.07) is 10.2. The van der Waals surface area contributed by atoms with Gasteiger partial charge >= 0.3 is 0 Å². The fourth-order valence-electron chi connectivity index (χ4n) is 4.03. The number of piperidine rings is 1. The molecule has 3 rings (SSSR count). The van der Waals surface area contributed by atoms with Gasteiger partial charge in [0.15, 0.2) is 0 Å². The third kappa shape index (κ3) is 2.62. The monoisotopic (exact) mass is 300 g/mol. The molecule has 4 nitrogen and oxygen atoms in total. The van der Waals surface area contributed by atoms with Gasteiger partial charge in [-0.2, -0.15) is 0 Å². The van der Waals surface area contributed by atoms with Gasteiger partial charge in [-0.25, -0.2) is 0 Å². The highest BCUT2D eigenvalue weighted by molar-refractivity contribution is 5.89. The van der Waals surface area contributed by atoms with Gasteiger partial charge in [0.05, 0.1) is 5.41 Å². The van der Waals surface area contributed by atoms with E-state index in [-0.39, 0.29) is 23.1 Å².